The molecule has 3 fully saturated rings. The molecule has 0 aromatic carbocycles. The molecule has 2 aliphatic heterocycles. The monoisotopic (exact) mass is 293 g/mol. The lowest BCUT2D eigenvalue weighted by molar-refractivity contribution is -0.135. The topological polar surface area (TPSA) is 49.6 Å². The lowest BCUT2D eigenvalue weighted by atomic mass is 9.82. The molecule has 0 spiro atoms. The average Bonchev–Trinajstić information content (AvgIpc) is 2.98. The van der Waals surface area contributed by atoms with Gasteiger partial charge in [0.2, 0.25) is 5.91 Å². The van der Waals surface area contributed by atoms with Gasteiger partial charge >= 0.3 is 0 Å². The number of nitrogens with zero attached hydrogens (tertiary/aromatic N) is 2. The van der Waals surface area contributed by atoms with Gasteiger partial charge in [0.05, 0.1) is 0 Å². The summed E-state index contributed by atoms with van der Waals surface area (Å²) in [5.74, 6) is 1.57. The first-order valence-electron chi connectivity index (χ1n) is 8.92. The number of carbonyl (C=O) groups excluding carboxylic acids is 1. The van der Waals surface area contributed by atoms with Gasteiger partial charge in [0.25, 0.3) is 0 Å². The van der Waals surface area contributed by atoms with E-state index in [9.17, 15) is 4.79 Å². The summed E-state index contributed by atoms with van der Waals surface area (Å²) < 4.78 is 0. The van der Waals surface area contributed by atoms with Crippen molar-refractivity contribution in [1.82, 2.24) is 9.80 Å². The first-order chi connectivity index (χ1) is 10.1. The molecule has 4 heteroatoms. The van der Waals surface area contributed by atoms with Crippen molar-refractivity contribution in [3.8, 4) is 0 Å². The molecule has 0 bridgehead atoms. The quantitative estimate of drug-likeness (QED) is 0.845. The highest BCUT2D eigenvalue weighted by molar-refractivity contribution is 5.79. The summed E-state index contributed by atoms with van der Waals surface area (Å²) in [4.78, 5) is 17.4. The highest BCUT2D eigenvalue weighted by Gasteiger charge is 2.35. The molecule has 1 unspecified atom stereocenters. The van der Waals surface area contributed by atoms with Crippen molar-refractivity contribution >= 4 is 5.91 Å². The molecule has 3 rings (SSSR count). The van der Waals surface area contributed by atoms with Crippen LogP contribution in [0.2, 0.25) is 0 Å². The Morgan fingerprint density at radius 1 is 0.952 bits per heavy atom. The van der Waals surface area contributed by atoms with Crippen molar-refractivity contribution < 1.29 is 4.79 Å². The van der Waals surface area contributed by atoms with E-state index < -0.39 is 0 Å². The third kappa shape index (κ3) is 3.59. The van der Waals surface area contributed by atoms with Crippen LogP contribution in [-0.2, 0) is 4.79 Å². The minimum atomic E-state index is 0.315. The molecule has 0 aromatic heterocycles. The Morgan fingerprint density at radius 2 is 1.62 bits per heavy atom. The van der Waals surface area contributed by atoms with Crippen LogP contribution in [0.3, 0.4) is 0 Å². The van der Waals surface area contributed by atoms with E-state index in [1.54, 1.807) is 0 Å². The zero-order valence-electron chi connectivity index (χ0n) is 13.5. The number of rotatable bonds is 2. The highest BCUT2D eigenvalue weighted by atomic mass is 16.2. The number of nitrogens with two attached hydrogens (primary N) is 1. The molecule has 2 N–H and O–H groups in total. The molecule has 0 radical (unpaired) electrons. The predicted octanol–water partition coefficient (Wildman–Crippen LogP) is 1.84. The molecule has 3 aliphatic rings. The summed E-state index contributed by atoms with van der Waals surface area (Å²) in [5, 5.41) is 0. The van der Waals surface area contributed by atoms with Gasteiger partial charge in [-0.3, -0.25) is 9.69 Å². The van der Waals surface area contributed by atoms with Gasteiger partial charge < -0.3 is 10.6 Å². The molecular formula is C17H31N3O. The van der Waals surface area contributed by atoms with Crippen LogP contribution in [0, 0.1) is 11.8 Å². The average molecular weight is 293 g/mol. The molecular weight excluding hydrogens is 262 g/mol. The van der Waals surface area contributed by atoms with E-state index in [-0.39, 0.29) is 0 Å². The minimum absolute atomic E-state index is 0.315. The number of amides is 1. The molecule has 4 nitrogen and oxygen atoms in total. The van der Waals surface area contributed by atoms with E-state index in [2.05, 4.69) is 16.7 Å². The standard InChI is InChI=1S/C17H31N3O/c1-13-2-4-14(5-3-13)17(21)20-11-8-16(12-20)19-9-6-15(18)7-10-19/h13-16H,2-12,18H2,1H3. The van der Waals surface area contributed by atoms with Crippen LogP contribution in [0.4, 0.5) is 0 Å². The molecule has 1 atom stereocenters. The number of likely N-dealkylation sites (tertiary alicyclic amines) is 2. The van der Waals surface area contributed by atoms with Crippen LogP contribution < -0.4 is 5.73 Å². The molecule has 2 saturated heterocycles. The minimum Gasteiger partial charge on any atom is -0.341 e. The second kappa shape index (κ2) is 6.66. The van der Waals surface area contributed by atoms with E-state index in [4.69, 9.17) is 5.73 Å². The van der Waals surface area contributed by atoms with Crippen molar-refractivity contribution in [2.24, 2.45) is 17.6 Å². The first-order valence-corrected chi connectivity index (χ1v) is 8.92. The fourth-order valence-corrected chi connectivity index (χ4v) is 4.29. The van der Waals surface area contributed by atoms with Gasteiger partial charge in [-0.05, 0) is 64.0 Å². The molecule has 120 valence electrons. The Bertz CT molecular complexity index is 357. The SMILES string of the molecule is CC1CCC(C(=O)N2CCC(N3CCC(N)CC3)C2)CC1. The fraction of sp³-hybridized carbons (Fsp3) is 0.941. The van der Waals surface area contributed by atoms with Crippen LogP contribution in [0.5, 0.6) is 0 Å². The van der Waals surface area contributed by atoms with E-state index in [0.29, 0.717) is 23.9 Å². The number of carbonyl (C=O) groups is 1. The molecule has 2 heterocycles. The van der Waals surface area contributed by atoms with Crippen LogP contribution in [0.25, 0.3) is 0 Å². The summed E-state index contributed by atoms with van der Waals surface area (Å²) in [7, 11) is 0. The van der Waals surface area contributed by atoms with Gasteiger partial charge in [-0.15, -0.1) is 0 Å². The molecule has 1 saturated carbocycles. The van der Waals surface area contributed by atoms with Gasteiger partial charge in [0, 0.05) is 31.1 Å². The molecule has 1 amide bonds. The van der Waals surface area contributed by atoms with Crippen molar-refractivity contribution in [2.45, 2.75) is 64.0 Å². The number of hydrogen-bond acceptors (Lipinski definition) is 3. The molecule has 21 heavy (non-hydrogen) atoms. The normalized spacial score (nSPS) is 36.1. The van der Waals surface area contributed by atoms with Gasteiger partial charge in [-0.1, -0.05) is 6.92 Å². The summed E-state index contributed by atoms with van der Waals surface area (Å²) in [5.41, 5.74) is 5.99. The number of hydrogen-bond donors (Lipinski definition) is 1. The van der Waals surface area contributed by atoms with E-state index in [1.807, 2.05) is 0 Å². The van der Waals surface area contributed by atoms with Crippen LogP contribution in [0.1, 0.15) is 51.9 Å². The third-order valence-corrected chi connectivity index (χ3v) is 5.93. The maximum atomic E-state index is 12.7. The van der Waals surface area contributed by atoms with Crippen LogP contribution in [0.15, 0.2) is 0 Å². The van der Waals surface area contributed by atoms with Crippen molar-refractivity contribution in [3.63, 3.8) is 0 Å². The Morgan fingerprint density at radius 3 is 2.29 bits per heavy atom. The van der Waals surface area contributed by atoms with Crippen molar-refractivity contribution in [2.75, 3.05) is 26.2 Å². The second-order valence-electron chi connectivity index (χ2n) is 7.56. The first kappa shape index (κ1) is 15.3. The maximum Gasteiger partial charge on any atom is 0.225 e. The summed E-state index contributed by atoms with van der Waals surface area (Å²) in [6, 6.07) is 0.980. The Labute approximate surface area is 129 Å². The smallest absolute Gasteiger partial charge is 0.225 e. The summed E-state index contributed by atoms with van der Waals surface area (Å²) >= 11 is 0. The van der Waals surface area contributed by atoms with E-state index >= 15 is 0 Å². The predicted molar refractivity (Wildman–Crippen MR) is 84.9 cm³/mol. The maximum absolute atomic E-state index is 12.7. The van der Waals surface area contributed by atoms with Gasteiger partial charge in [-0.2, -0.15) is 0 Å². The van der Waals surface area contributed by atoms with Gasteiger partial charge in [0.1, 0.15) is 0 Å². The summed E-state index contributed by atoms with van der Waals surface area (Å²) in [6.07, 6.45) is 8.08. The van der Waals surface area contributed by atoms with Crippen molar-refractivity contribution in [1.29, 1.82) is 0 Å². The largest absolute Gasteiger partial charge is 0.341 e. The highest BCUT2D eigenvalue weighted by Crippen LogP contribution is 2.31. The summed E-state index contributed by atoms with van der Waals surface area (Å²) in [6.45, 7) is 6.48. The third-order valence-electron chi connectivity index (χ3n) is 5.93. The number of piperidine rings is 1. The zero-order valence-corrected chi connectivity index (χ0v) is 13.5. The Hall–Kier alpha value is -0.610. The van der Waals surface area contributed by atoms with Crippen molar-refractivity contribution in [3.05, 3.63) is 0 Å². The molecule has 0 aromatic rings. The van der Waals surface area contributed by atoms with Crippen LogP contribution >= 0.6 is 0 Å². The zero-order chi connectivity index (χ0) is 14.8. The Kier molecular flexibility index (Phi) is 4.85. The second-order valence-corrected chi connectivity index (χ2v) is 7.56. The lowest BCUT2D eigenvalue weighted by Gasteiger charge is -2.35. The van der Waals surface area contributed by atoms with Gasteiger partial charge in [0.15, 0.2) is 0 Å². The fourth-order valence-electron chi connectivity index (χ4n) is 4.29. The van der Waals surface area contributed by atoms with E-state index in [1.165, 1.54) is 12.8 Å². The van der Waals surface area contributed by atoms with Crippen LogP contribution in [-0.4, -0.2) is 54.0 Å². The van der Waals surface area contributed by atoms with E-state index in [0.717, 1.165) is 64.2 Å². The Balaban J connectivity index is 1.48. The van der Waals surface area contributed by atoms with Gasteiger partial charge in [-0.25, -0.2) is 0 Å². The lowest BCUT2D eigenvalue weighted by Crippen LogP contribution is -2.46. The molecule has 1 aliphatic carbocycles.